The predicted molar refractivity (Wildman–Crippen MR) is 116 cm³/mol. The highest BCUT2D eigenvalue weighted by Gasteiger charge is 2.07. The van der Waals surface area contributed by atoms with Crippen LogP contribution in [-0.4, -0.2) is 11.1 Å². The third kappa shape index (κ3) is 6.71. The maximum atomic E-state index is 10.3. The van der Waals surface area contributed by atoms with E-state index in [1.807, 2.05) is 11.3 Å². The standard InChI is InChI=1S/C14H15BrS.C7H5BrO2/c1-2-6-12-10-13(15)14(16-12)9-11-7-4-3-5-8-11;8-6-3-1-2-5(4-6)7(9)10/h3-5,7-8,10H,2,6,9H2,1H3;1-4H,(H,9,10). The molecular weight excluding hydrogens is 476 g/mol. The number of hydrogen-bond donors (Lipinski definition) is 1. The third-order valence-electron chi connectivity index (χ3n) is 3.58. The Labute approximate surface area is 175 Å². The Morgan fingerprint density at radius 3 is 2.35 bits per heavy atom. The summed E-state index contributed by atoms with van der Waals surface area (Å²) in [5.41, 5.74) is 1.68. The second kappa shape index (κ2) is 10.7. The monoisotopic (exact) mass is 494 g/mol. The molecule has 0 spiro atoms. The van der Waals surface area contributed by atoms with Gasteiger partial charge in [0.25, 0.3) is 0 Å². The summed E-state index contributed by atoms with van der Waals surface area (Å²) in [5.74, 6) is -0.902. The fourth-order valence-electron chi connectivity index (χ4n) is 2.35. The Balaban J connectivity index is 0.000000209. The average Bonchev–Trinajstić information content (AvgIpc) is 2.96. The molecule has 0 bridgehead atoms. The molecule has 0 aliphatic rings. The topological polar surface area (TPSA) is 37.3 Å². The van der Waals surface area contributed by atoms with Gasteiger partial charge < -0.3 is 5.11 Å². The number of aromatic carboxylic acids is 1. The van der Waals surface area contributed by atoms with E-state index in [2.05, 4.69) is 75.2 Å². The zero-order chi connectivity index (χ0) is 18.9. The van der Waals surface area contributed by atoms with Crippen molar-refractivity contribution in [1.82, 2.24) is 0 Å². The molecule has 2 aromatic carbocycles. The van der Waals surface area contributed by atoms with Crippen LogP contribution in [0.15, 0.2) is 69.6 Å². The van der Waals surface area contributed by atoms with E-state index in [-0.39, 0.29) is 0 Å². The van der Waals surface area contributed by atoms with Crippen molar-refractivity contribution in [2.75, 3.05) is 0 Å². The lowest BCUT2D eigenvalue weighted by Gasteiger charge is -1.98. The number of carboxylic acids is 1. The summed E-state index contributed by atoms with van der Waals surface area (Å²) in [6, 6.07) is 19.5. The largest absolute Gasteiger partial charge is 0.478 e. The Kier molecular flexibility index (Phi) is 8.55. The Bertz CT molecular complexity index is 844. The van der Waals surface area contributed by atoms with Crippen LogP contribution in [0.1, 0.15) is 39.0 Å². The Morgan fingerprint density at radius 1 is 1.04 bits per heavy atom. The van der Waals surface area contributed by atoms with Gasteiger partial charge >= 0.3 is 5.97 Å². The fraction of sp³-hybridized carbons (Fsp3) is 0.190. The summed E-state index contributed by atoms with van der Waals surface area (Å²) >= 11 is 8.75. The number of carboxylic acid groups (broad SMARTS) is 1. The number of aryl methyl sites for hydroxylation is 1. The van der Waals surface area contributed by atoms with E-state index in [0.29, 0.717) is 5.56 Å². The smallest absolute Gasteiger partial charge is 0.335 e. The summed E-state index contributed by atoms with van der Waals surface area (Å²) in [6.07, 6.45) is 3.45. The molecule has 0 fully saturated rings. The summed E-state index contributed by atoms with van der Waals surface area (Å²) in [7, 11) is 0. The van der Waals surface area contributed by atoms with Gasteiger partial charge in [-0.3, -0.25) is 0 Å². The highest BCUT2D eigenvalue weighted by Crippen LogP contribution is 2.30. The van der Waals surface area contributed by atoms with E-state index in [1.54, 1.807) is 24.3 Å². The number of halogens is 2. The molecule has 3 rings (SSSR count). The molecule has 1 aromatic heterocycles. The van der Waals surface area contributed by atoms with Crippen LogP contribution in [0.4, 0.5) is 0 Å². The van der Waals surface area contributed by atoms with E-state index < -0.39 is 5.97 Å². The molecule has 1 heterocycles. The van der Waals surface area contributed by atoms with Gasteiger partial charge in [0, 0.05) is 25.1 Å². The van der Waals surface area contributed by atoms with Crippen LogP contribution in [0.2, 0.25) is 0 Å². The van der Waals surface area contributed by atoms with Crippen LogP contribution in [0.3, 0.4) is 0 Å². The number of hydrogen-bond acceptors (Lipinski definition) is 2. The third-order valence-corrected chi connectivity index (χ3v) is 6.24. The minimum absolute atomic E-state index is 0.300. The van der Waals surface area contributed by atoms with Gasteiger partial charge in [-0.15, -0.1) is 11.3 Å². The molecule has 26 heavy (non-hydrogen) atoms. The van der Waals surface area contributed by atoms with Gasteiger partial charge in [-0.05, 0) is 52.2 Å². The van der Waals surface area contributed by atoms with Gasteiger partial charge in [0.1, 0.15) is 0 Å². The van der Waals surface area contributed by atoms with Crippen molar-refractivity contribution < 1.29 is 9.90 Å². The molecule has 5 heteroatoms. The maximum Gasteiger partial charge on any atom is 0.335 e. The van der Waals surface area contributed by atoms with Gasteiger partial charge in [0.2, 0.25) is 0 Å². The van der Waals surface area contributed by atoms with E-state index in [4.69, 9.17) is 5.11 Å². The van der Waals surface area contributed by atoms with Crippen LogP contribution < -0.4 is 0 Å². The first-order valence-electron chi connectivity index (χ1n) is 8.29. The van der Waals surface area contributed by atoms with Crippen molar-refractivity contribution in [3.63, 3.8) is 0 Å². The first kappa shape index (κ1) is 20.9. The number of thiophene rings is 1. The lowest BCUT2D eigenvalue weighted by Crippen LogP contribution is -1.94. The van der Waals surface area contributed by atoms with Crippen molar-refractivity contribution in [3.05, 3.63) is 90.5 Å². The van der Waals surface area contributed by atoms with Gasteiger partial charge in [-0.25, -0.2) is 4.79 Å². The predicted octanol–water partition coefficient (Wildman–Crippen LogP) is 7.20. The van der Waals surface area contributed by atoms with Crippen molar-refractivity contribution in [3.8, 4) is 0 Å². The SMILES string of the molecule is CCCc1cc(Br)c(Cc2ccccc2)s1.O=C(O)c1cccc(Br)c1. The van der Waals surface area contributed by atoms with Crippen molar-refractivity contribution in [2.24, 2.45) is 0 Å². The van der Waals surface area contributed by atoms with E-state index in [1.165, 1.54) is 32.6 Å². The Hall–Kier alpha value is -1.43. The molecule has 0 unspecified atom stereocenters. The summed E-state index contributed by atoms with van der Waals surface area (Å²) < 4.78 is 2.05. The van der Waals surface area contributed by atoms with Gasteiger partial charge in [-0.1, -0.05) is 65.7 Å². The van der Waals surface area contributed by atoms with Gasteiger partial charge in [0.15, 0.2) is 0 Å². The molecule has 1 N–H and O–H groups in total. The van der Waals surface area contributed by atoms with Crippen LogP contribution in [0.25, 0.3) is 0 Å². The van der Waals surface area contributed by atoms with Gasteiger partial charge in [-0.2, -0.15) is 0 Å². The summed E-state index contributed by atoms with van der Waals surface area (Å²) in [4.78, 5) is 13.3. The molecule has 0 amide bonds. The molecule has 0 radical (unpaired) electrons. The Morgan fingerprint density at radius 2 is 1.77 bits per heavy atom. The molecular formula is C21H20Br2O2S. The molecule has 0 atom stereocenters. The number of carbonyl (C=O) groups is 1. The van der Waals surface area contributed by atoms with E-state index in [0.717, 1.165) is 10.9 Å². The van der Waals surface area contributed by atoms with E-state index in [9.17, 15) is 4.79 Å². The molecule has 136 valence electrons. The zero-order valence-electron chi connectivity index (χ0n) is 14.4. The van der Waals surface area contributed by atoms with Crippen LogP contribution in [-0.2, 0) is 12.8 Å². The maximum absolute atomic E-state index is 10.3. The molecule has 2 nitrogen and oxygen atoms in total. The molecule has 0 aliphatic heterocycles. The van der Waals surface area contributed by atoms with Crippen LogP contribution >= 0.6 is 43.2 Å². The fourth-order valence-corrected chi connectivity index (χ4v) is 4.76. The first-order chi connectivity index (χ1) is 12.5. The highest BCUT2D eigenvalue weighted by molar-refractivity contribution is 9.10. The molecule has 0 saturated heterocycles. The number of rotatable bonds is 5. The zero-order valence-corrected chi connectivity index (χ0v) is 18.4. The second-order valence-electron chi connectivity index (χ2n) is 5.71. The number of benzene rings is 2. The van der Waals surface area contributed by atoms with Crippen molar-refractivity contribution in [2.45, 2.75) is 26.2 Å². The van der Waals surface area contributed by atoms with Crippen LogP contribution in [0.5, 0.6) is 0 Å². The summed E-state index contributed by atoms with van der Waals surface area (Å²) in [6.45, 7) is 2.23. The second-order valence-corrected chi connectivity index (χ2v) is 8.70. The van der Waals surface area contributed by atoms with Crippen molar-refractivity contribution >= 4 is 49.2 Å². The minimum atomic E-state index is -0.902. The lowest BCUT2D eigenvalue weighted by atomic mass is 10.1. The molecule has 0 saturated carbocycles. The lowest BCUT2D eigenvalue weighted by molar-refractivity contribution is 0.0697. The van der Waals surface area contributed by atoms with Crippen molar-refractivity contribution in [1.29, 1.82) is 0 Å². The van der Waals surface area contributed by atoms with E-state index >= 15 is 0 Å². The van der Waals surface area contributed by atoms with Gasteiger partial charge in [0.05, 0.1) is 5.56 Å². The molecule has 3 aromatic rings. The minimum Gasteiger partial charge on any atom is -0.478 e. The summed E-state index contributed by atoms with van der Waals surface area (Å²) in [5, 5.41) is 8.49. The van der Waals surface area contributed by atoms with Crippen LogP contribution in [0, 0.1) is 0 Å². The molecule has 0 aliphatic carbocycles. The highest BCUT2D eigenvalue weighted by atomic mass is 79.9. The normalized spacial score (nSPS) is 10.1. The average molecular weight is 496 g/mol. The first-order valence-corrected chi connectivity index (χ1v) is 10.7. The quantitative estimate of drug-likeness (QED) is 0.406.